The number of rotatable bonds is 4. The van der Waals surface area contributed by atoms with Crippen molar-refractivity contribution in [1.82, 2.24) is 19.6 Å². The molecule has 1 N–H and O–H groups in total. The van der Waals surface area contributed by atoms with E-state index in [0.29, 0.717) is 23.4 Å². The molecule has 0 spiro atoms. The van der Waals surface area contributed by atoms with Gasteiger partial charge in [-0.3, -0.25) is 0 Å². The summed E-state index contributed by atoms with van der Waals surface area (Å²) in [5.41, 5.74) is 0.362. The highest BCUT2D eigenvalue weighted by Crippen LogP contribution is 2.26. The van der Waals surface area contributed by atoms with Crippen LogP contribution in [0.1, 0.15) is 37.9 Å². The Morgan fingerprint density at radius 3 is 2.90 bits per heavy atom. The van der Waals surface area contributed by atoms with E-state index in [9.17, 15) is 4.79 Å². The molecule has 1 aliphatic carbocycles. The number of fused-ring (bicyclic) bond motifs is 1. The first-order chi connectivity index (χ1) is 10.2. The number of hydrogen-bond donors (Lipinski definition) is 1. The zero-order valence-corrected chi connectivity index (χ0v) is 12.9. The van der Waals surface area contributed by atoms with Crippen molar-refractivity contribution in [3.63, 3.8) is 0 Å². The molecular weight excluding hydrogens is 290 g/mol. The lowest BCUT2D eigenvalue weighted by Gasteiger charge is -2.35. The number of hydrogen-bond acceptors (Lipinski definition) is 4. The summed E-state index contributed by atoms with van der Waals surface area (Å²) in [5.74, 6) is 2.08. The Balaban J connectivity index is 2.00. The second-order valence-corrected chi connectivity index (χ2v) is 5.94. The zero-order valence-electron chi connectivity index (χ0n) is 12.2. The van der Waals surface area contributed by atoms with Gasteiger partial charge < -0.3 is 4.90 Å². The molecule has 1 saturated carbocycles. The van der Waals surface area contributed by atoms with Crippen LogP contribution in [0.3, 0.4) is 0 Å². The number of halogens is 1. The van der Waals surface area contributed by atoms with Crippen LogP contribution in [-0.4, -0.2) is 38.0 Å². The predicted octanol–water partition coefficient (Wildman–Crippen LogP) is 2.10. The third-order valence-corrected chi connectivity index (χ3v) is 4.36. The van der Waals surface area contributed by atoms with Crippen molar-refractivity contribution in [1.29, 1.82) is 0 Å². The molecule has 7 heteroatoms. The smallest absolute Gasteiger partial charge is 0.349 e. The van der Waals surface area contributed by atoms with E-state index in [4.69, 9.17) is 11.6 Å². The van der Waals surface area contributed by atoms with E-state index < -0.39 is 0 Å². The van der Waals surface area contributed by atoms with Gasteiger partial charge in [-0.15, -0.1) is 11.6 Å². The molecule has 0 aromatic carbocycles. The lowest BCUT2D eigenvalue weighted by Crippen LogP contribution is -2.39. The van der Waals surface area contributed by atoms with E-state index in [2.05, 4.69) is 20.1 Å². The number of aryl methyl sites for hydroxylation is 1. The molecule has 1 aliphatic rings. The molecule has 0 bridgehead atoms. The van der Waals surface area contributed by atoms with Crippen LogP contribution in [0.15, 0.2) is 10.9 Å². The Bertz CT molecular complexity index is 674. The average Bonchev–Trinajstić information content (AvgIpc) is 2.87. The Kier molecular flexibility index (Phi) is 4.14. The average molecular weight is 310 g/mol. The molecule has 0 aliphatic heterocycles. The molecule has 1 fully saturated rings. The van der Waals surface area contributed by atoms with Crippen molar-refractivity contribution >= 4 is 23.1 Å². The van der Waals surface area contributed by atoms with E-state index in [1.54, 1.807) is 0 Å². The Hall–Kier alpha value is -1.56. The quantitative estimate of drug-likeness (QED) is 0.878. The van der Waals surface area contributed by atoms with Crippen LogP contribution in [0, 0.1) is 6.92 Å². The topological polar surface area (TPSA) is 66.3 Å². The summed E-state index contributed by atoms with van der Waals surface area (Å²) in [5, 5.41) is 6.52. The largest absolute Gasteiger partial charge is 0.352 e. The standard InChI is InChI=1S/C14H20ClN5O/c1-10-16-12(9-13-17-18-14(21)20(10)13)19(8-7-15)11-5-3-2-4-6-11/h9,11H,2-8H2,1H3,(H,18,21). The fourth-order valence-electron chi connectivity index (χ4n) is 3.20. The van der Waals surface area contributed by atoms with Gasteiger partial charge in [-0.2, -0.15) is 5.10 Å². The first-order valence-electron chi connectivity index (χ1n) is 7.48. The third-order valence-electron chi connectivity index (χ3n) is 4.19. The molecule has 0 atom stereocenters. The maximum absolute atomic E-state index is 11.7. The molecule has 114 valence electrons. The SMILES string of the molecule is Cc1nc(N(CCCl)C2CCCCC2)cc2n[nH]c(=O)n12. The molecule has 6 nitrogen and oxygen atoms in total. The van der Waals surface area contributed by atoms with Crippen molar-refractivity contribution in [3.8, 4) is 0 Å². The molecule has 2 heterocycles. The molecule has 2 aromatic heterocycles. The zero-order chi connectivity index (χ0) is 14.8. The van der Waals surface area contributed by atoms with Crippen LogP contribution in [0.4, 0.5) is 5.82 Å². The third kappa shape index (κ3) is 2.77. The van der Waals surface area contributed by atoms with Gasteiger partial charge in [0.15, 0.2) is 5.65 Å². The minimum Gasteiger partial charge on any atom is -0.352 e. The lowest BCUT2D eigenvalue weighted by atomic mass is 9.94. The van der Waals surface area contributed by atoms with Gasteiger partial charge in [-0.25, -0.2) is 19.3 Å². The van der Waals surface area contributed by atoms with Crippen molar-refractivity contribution in [2.24, 2.45) is 0 Å². The first kappa shape index (κ1) is 14.4. The summed E-state index contributed by atoms with van der Waals surface area (Å²) < 4.78 is 1.49. The van der Waals surface area contributed by atoms with Crippen LogP contribution in [0.25, 0.3) is 5.65 Å². The van der Waals surface area contributed by atoms with E-state index in [0.717, 1.165) is 12.4 Å². The second kappa shape index (κ2) is 6.05. The first-order valence-corrected chi connectivity index (χ1v) is 8.01. The summed E-state index contributed by atoms with van der Waals surface area (Å²) in [6, 6.07) is 2.35. The van der Waals surface area contributed by atoms with Gasteiger partial charge in [0.2, 0.25) is 0 Å². The summed E-state index contributed by atoms with van der Waals surface area (Å²) in [6.45, 7) is 2.59. The number of H-pyrrole nitrogens is 1. The maximum atomic E-state index is 11.7. The summed E-state index contributed by atoms with van der Waals surface area (Å²) in [4.78, 5) is 18.6. The Labute approximate surface area is 128 Å². The molecule has 0 unspecified atom stereocenters. The molecule has 0 radical (unpaired) electrons. The van der Waals surface area contributed by atoms with Gasteiger partial charge in [0.05, 0.1) is 0 Å². The highest BCUT2D eigenvalue weighted by Gasteiger charge is 2.23. The highest BCUT2D eigenvalue weighted by atomic mass is 35.5. The van der Waals surface area contributed by atoms with E-state index in [1.807, 2.05) is 13.0 Å². The normalized spacial score (nSPS) is 16.5. The van der Waals surface area contributed by atoms with Gasteiger partial charge in [-0.1, -0.05) is 19.3 Å². The molecule has 0 amide bonds. The highest BCUT2D eigenvalue weighted by molar-refractivity contribution is 6.18. The number of aromatic nitrogens is 4. The minimum atomic E-state index is -0.247. The fraction of sp³-hybridized carbons (Fsp3) is 0.643. The number of anilines is 1. The summed E-state index contributed by atoms with van der Waals surface area (Å²) >= 11 is 5.98. The number of nitrogens with one attached hydrogen (secondary N) is 1. The van der Waals surface area contributed by atoms with Crippen molar-refractivity contribution in [3.05, 3.63) is 22.4 Å². The molecule has 21 heavy (non-hydrogen) atoms. The molecule has 2 aromatic rings. The molecular formula is C14H20ClN5O. The van der Waals surface area contributed by atoms with Gasteiger partial charge >= 0.3 is 5.69 Å². The monoisotopic (exact) mass is 309 g/mol. The van der Waals surface area contributed by atoms with Crippen LogP contribution in [0.5, 0.6) is 0 Å². The fourth-order valence-corrected chi connectivity index (χ4v) is 3.38. The van der Waals surface area contributed by atoms with Crippen molar-refractivity contribution in [2.45, 2.75) is 45.1 Å². The van der Waals surface area contributed by atoms with Gasteiger partial charge in [0.1, 0.15) is 11.6 Å². The van der Waals surface area contributed by atoms with Gasteiger partial charge in [0, 0.05) is 24.5 Å². The number of nitrogens with zero attached hydrogens (tertiary/aromatic N) is 4. The van der Waals surface area contributed by atoms with Crippen molar-refractivity contribution in [2.75, 3.05) is 17.3 Å². The van der Waals surface area contributed by atoms with Gasteiger partial charge in [0.25, 0.3) is 0 Å². The predicted molar refractivity (Wildman–Crippen MR) is 83.3 cm³/mol. The van der Waals surface area contributed by atoms with Gasteiger partial charge in [-0.05, 0) is 19.8 Å². The van der Waals surface area contributed by atoms with Crippen molar-refractivity contribution < 1.29 is 0 Å². The second-order valence-electron chi connectivity index (χ2n) is 5.56. The Morgan fingerprint density at radius 1 is 1.43 bits per heavy atom. The summed E-state index contributed by atoms with van der Waals surface area (Å²) in [7, 11) is 0. The van der Waals surface area contributed by atoms with E-state index in [-0.39, 0.29) is 5.69 Å². The van der Waals surface area contributed by atoms with Crippen LogP contribution < -0.4 is 10.6 Å². The van der Waals surface area contributed by atoms with Crippen LogP contribution >= 0.6 is 11.6 Å². The number of aromatic amines is 1. The minimum absolute atomic E-state index is 0.247. The van der Waals surface area contributed by atoms with E-state index >= 15 is 0 Å². The number of alkyl halides is 1. The van der Waals surface area contributed by atoms with Crippen LogP contribution in [-0.2, 0) is 0 Å². The molecule has 0 saturated heterocycles. The molecule has 3 rings (SSSR count). The van der Waals surface area contributed by atoms with Crippen LogP contribution in [0.2, 0.25) is 0 Å². The summed E-state index contributed by atoms with van der Waals surface area (Å²) in [6.07, 6.45) is 6.18. The van der Waals surface area contributed by atoms with E-state index in [1.165, 1.54) is 36.5 Å². The lowest BCUT2D eigenvalue weighted by molar-refractivity contribution is 0.416. The maximum Gasteiger partial charge on any atom is 0.349 e. The Morgan fingerprint density at radius 2 is 2.19 bits per heavy atom.